The third kappa shape index (κ3) is 6.01. The Morgan fingerprint density at radius 2 is 1.18 bits per heavy atom. The van der Waals surface area contributed by atoms with E-state index in [2.05, 4.69) is 152 Å². The summed E-state index contributed by atoms with van der Waals surface area (Å²) < 4.78 is 0. The molecule has 1 heteroatoms. The average Bonchev–Trinajstić information content (AvgIpc) is 3.32. The lowest BCUT2D eigenvalue weighted by molar-refractivity contribution is 0.592. The summed E-state index contributed by atoms with van der Waals surface area (Å²) in [5.41, 5.74) is 19.0. The van der Waals surface area contributed by atoms with E-state index in [1.54, 1.807) is 0 Å². The molecule has 12 rings (SSSR count). The predicted octanol–water partition coefficient (Wildman–Crippen LogP) is 13.5. The van der Waals surface area contributed by atoms with E-state index in [9.17, 15) is 0 Å². The standard InChI is InChI=1S/C50H49N/c1-50(2)46-16-10-15-44(40-13-8-5-9-14-40)49(46)45-32-31-43(34-47(45)50)51(42-29-27-39(28-30-42)38-11-6-3-4-7-12-38)48-33-37-22-21-35-17-19-36(20-18-35)23-25-41(48)26-24-37/h5,8-10,13-20,24,26-34,38H,3-4,6-7,11-12,21-23,25H2,1-2H3. The average molecular weight is 664 g/mol. The van der Waals surface area contributed by atoms with Gasteiger partial charge in [-0.25, -0.2) is 0 Å². The second-order valence-corrected chi connectivity index (χ2v) is 15.8. The van der Waals surface area contributed by atoms with Crippen molar-refractivity contribution in [2.24, 2.45) is 0 Å². The Morgan fingerprint density at radius 3 is 1.92 bits per heavy atom. The fraction of sp³-hybridized carbons (Fsp3) is 0.280. The van der Waals surface area contributed by atoms with Crippen molar-refractivity contribution in [1.29, 1.82) is 0 Å². The quantitative estimate of drug-likeness (QED) is 0.166. The van der Waals surface area contributed by atoms with Crippen LogP contribution < -0.4 is 4.90 Å². The predicted molar refractivity (Wildman–Crippen MR) is 216 cm³/mol. The van der Waals surface area contributed by atoms with Crippen molar-refractivity contribution in [2.45, 2.75) is 89.4 Å². The lowest BCUT2D eigenvalue weighted by Gasteiger charge is -2.31. The van der Waals surface area contributed by atoms with Crippen LogP contribution in [0.1, 0.15) is 97.2 Å². The molecule has 254 valence electrons. The molecule has 1 saturated carbocycles. The van der Waals surface area contributed by atoms with Crippen molar-refractivity contribution >= 4 is 17.1 Å². The number of anilines is 3. The van der Waals surface area contributed by atoms with Gasteiger partial charge in [-0.05, 0) is 136 Å². The summed E-state index contributed by atoms with van der Waals surface area (Å²) in [5.74, 6) is 0.684. The van der Waals surface area contributed by atoms with E-state index < -0.39 is 0 Å². The first-order valence-corrected chi connectivity index (χ1v) is 19.5. The summed E-state index contributed by atoms with van der Waals surface area (Å²) in [7, 11) is 0. The first-order valence-electron chi connectivity index (χ1n) is 19.5. The fourth-order valence-electron chi connectivity index (χ4n) is 9.33. The molecule has 0 radical (unpaired) electrons. The lowest BCUT2D eigenvalue weighted by Crippen LogP contribution is -2.17. The van der Waals surface area contributed by atoms with Crippen molar-refractivity contribution in [3.63, 3.8) is 0 Å². The molecule has 6 aliphatic carbocycles. The summed E-state index contributed by atoms with van der Waals surface area (Å²) in [6, 6.07) is 51.5. The third-order valence-electron chi connectivity index (χ3n) is 12.3. The fourth-order valence-corrected chi connectivity index (χ4v) is 9.33. The van der Waals surface area contributed by atoms with Crippen LogP contribution in [0.5, 0.6) is 0 Å². The van der Waals surface area contributed by atoms with E-state index in [0.29, 0.717) is 5.92 Å². The van der Waals surface area contributed by atoms with E-state index in [-0.39, 0.29) is 5.41 Å². The maximum Gasteiger partial charge on any atom is 0.0496 e. The van der Waals surface area contributed by atoms with Crippen LogP contribution in [0.4, 0.5) is 17.1 Å². The van der Waals surface area contributed by atoms with E-state index in [1.807, 2.05) is 0 Å². The molecule has 0 aromatic heterocycles. The molecule has 6 aromatic carbocycles. The SMILES string of the molecule is CC1(C)c2cc(N(c3ccc(C4CCCCCC4)cc3)c3cc4ccc3CCc3ccc(cc3)CC4)ccc2-c2c(-c3ccccc3)cccc21. The highest BCUT2D eigenvalue weighted by Crippen LogP contribution is 2.54. The first kappa shape index (κ1) is 32.1. The summed E-state index contributed by atoms with van der Waals surface area (Å²) >= 11 is 0. The Balaban J connectivity index is 1.19. The van der Waals surface area contributed by atoms with Gasteiger partial charge in [-0.3, -0.25) is 0 Å². The van der Waals surface area contributed by atoms with E-state index in [0.717, 1.165) is 25.7 Å². The second-order valence-electron chi connectivity index (χ2n) is 15.8. The maximum absolute atomic E-state index is 2.58. The normalized spacial score (nSPS) is 16.5. The molecule has 6 aliphatic rings. The van der Waals surface area contributed by atoms with Gasteiger partial charge in [0, 0.05) is 22.5 Å². The molecular weight excluding hydrogens is 615 g/mol. The number of hydrogen-bond donors (Lipinski definition) is 0. The number of hydrogen-bond acceptors (Lipinski definition) is 1. The van der Waals surface area contributed by atoms with Crippen LogP contribution in [-0.4, -0.2) is 0 Å². The third-order valence-corrected chi connectivity index (χ3v) is 12.3. The number of fused-ring (bicyclic) bond motifs is 3. The van der Waals surface area contributed by atoms with Crippen molar-refractivity contribution < 1.29 is 0 Å². The van der Waals surface area contributed by atoms with Crippen molar-refractivity contribution in [3.05, 3.63) is 172 Å². The Bertz CT molecular complexity index is 2160. The van der Waals surface area contributed by atoms with Gasteiger partial charge in [0.05, 0.1) is 0 Å². The number of rotatable bonds is 5. The molecule has 51 heavy (non-hydrogen) atoms. The van der Waals surface area contributed by atoms with Crippen LogP contribution in [0.25, 0.3) is 22.3 Å². The smallest absolute Gasteiger partial charge is 0.0496 e. The minimum absolute atomic E-state index is 0.117. The van der Waals surface area contributed by atoms with Gasteiger partial charge in [0.15, 0.2) is 0 Å². The molecule has 0 unspecified atom stereocenters. The molecule has 0 amide bonds. The minimum atomic E-state index is -0.117. The Morgan fingerprint density at radius 1 is 0.510 bits per heavy atom. The summed E-state index contributed by atoms with van der Waals surface area (Å²) in [5, 5.41) is 0. The molecular formula is C50H49N. The molecule has 0 spiro atoms. The molecule has 4 bridgehead atoms. The Kier molecular flexibility index (Phi) is 8.39. The number of nitrogens with zero attached hydrogens (tertiary/aromatic N) is 1. The highest BCUT2D eigenvalue weighted by molar-refractivity contribution is 5.94. The molecule has 0 N–H and O–H groups in total. The van der Waals surface area contributed by atoms with Crippen LogP contribution in [0.3, 0.4) is 0 Å². The largest absolute Gasteiger partial charge is 0.310 e. The van der Waals surface area contributed by atoms with Crippen LogP contribution >= 0.6 is 0 Å². The van der Waals surface area contributed by atoms with Gasteiger partial charge in [-0.1, -0.05) is 143 Å². The van der Waals surface area contributed by atoms with Gasteiger partial charge in [-0.2, -0.15) is 0 Å². The van der Waals surface area contributed by atoms with Crippen molar-refractivity contribution in [3.8, 4) is 22.3 Å². The van der Waals surface area contributed by atoms with Gasteiger partial charge in [-0.15, -0.1) is 0 Å². The molecule has 0 aliphatic heterocycles. The van der Waals surface area contributed by atoms with E-state index >= 15 is 0 Å². The Labute approximate surface area is 305 Å². The monoisotopic (exact) mass is 663 g/mol. The van der Waals surface area contributed by atoms with E-state index in [1.165, 1.54) is 117 Å². The van der Waals surface area contributed by atoms with Crippen molar-refractivity contribution in [2.75, 3.05) is 4.90 Å². The zero-order valence-electron chi connectivity index (χ0n) is 30.3. The van der Waals surface area contributed by atoms with Gasteiger partial charge in [0.1, 0.15) is 0 Å². The summed E-state index contributed by atoms with van der Waals surface area (Å²) in [6.45, 7) is 4.83. The molecule has 0 atom stereocenters. The number of benzene rings is 6. The zero-order chi connectivity index (χ0) is 34.4. The first-order chi connectivity index (χ1) is 25.0. The molecule has 0 heterocycles. The lowest BCUT2D eigenvalue weighted by atomic mass is 9.81. The zero-order valence-corrected chi connectivity index (χ0v) is 30.3. The molecule has 0 saturated heterocycles. The molecule has 1 nitrogen and oxygen atoms in total. The van der Waals surface area contributed by atoms with Crippen molar-refractivity contribution in [1.82, 2.24) is 0 Å². The maximum atomic E-state index is 2.58. The minimum Gasteiger partial charge on any atom is -0.310 e. The van der Waals surface area contributed by atoms with Crippen LogP contribution in [-0.2, 0) is 31.1 Å². The van der Waals surface area contributed by atoms with Gasteiger partial charge in [0.25, 0.3) is 0 Å². The van der Waals surface area contributed by atoms with Crippen LogP contribution in [0.15, 0.2) is 133 Å². The van der Waals surface area contributed by atoms with Crippen LogP contribution in [0.2, 0.25) is 0 Å². The highest BCUT2D eigenvalue weighted by Gasteiger charge is 2.37. The topological polar surface area (TPSA) is 3.24 Å². The second kappa shape index (κ2) is 13.3. The van der Waals surface area contributed by atoms with Gasteiger partial charge in [0.2, 0.25) is 0 Å². The number of aryl methyl sites for hydroxylation is 4. The van der Waals surface area contributed by atoms with Gasteiger partial charge < -0.3 is 4.90 Å². The van der Waals surface area contributed by atoms with Crippen LogP contribution in [0, 0.1) is 0 Å². The summed E-state index contributed by atoms with van der Waals surface area (Å²) in [6.07, 6.45) is 12.3. The highest BCUT2D eigenvalue weighted by atomic mass is 15.1. The van der Waals surface area contributed by atoms with E-state index in [4.69, 9.17) is 0 Å². The van der Waals surface area contributed by atoms with Gasteiger partial charge >= 0.3 is 0 Å². The molecule has 6 aromatic rings. The summed E-state index contributed by atoms with van der Waals surface area (Å²) in [4.78, 5) is 2.58. The Hall–Kier alpha value is -4.88. The molecule has 1 fully saturated rings.